The van der Waals surface area contributed by atoms with Gasteiger partial charge in [0.15, 0.2) is 12.4 Å². The van der Waals surface area contributed by atoms with Gasteiger partial charge >= 0.3 is 0 Å². The summed E-state index contributed by atoms with van der Waals surface area (Å²) in [6, 6.07) is 9.55. The Balaban J connectivity index is 1.31. The lowest BCUT2D eigenvalue weighted by Crippen LogP contribution is -2.50. The highest BCUT2D eigenvalue weighted by Crippen LogP contribution is 2.16. The summed E-state index contributed by atoms with van der Waals surface area (Å²) in [5.41, 5.74) is 1.16. The van der Waals surface area contributed by atoms with E-state index in [1.807, 2.05) is 42.2 Å². The maximum absolute atomic E-state index is 12.4. The van der Waals surface area contributed by atoms with Crippen molar-refractivity contribution < 1.29 is 9.53 Å². The van der Waals surface area contributed by atoms with Crippen molar-refractivity contribution in [3.8, 4) is 11.6 Å². The fraction of sp³-hybridized carbons (Fsp3) is 0.316. The molecule has 0 radical (unpaired) electrons. The molecule has 0 atom stereocenters. The molecule has 0 spiro atoms. The topological polar surface area (TPSA) is 89.3 Å². The van der Waals surface area contributed by atoms with Crippen molar-refractivity contribution in [3.63, 3.8) is 0 Å². The number of carbonyl (C=O) groups is 1. The third-order valence-corrected chi connectivity index (χ3v) is 4.63. The van der Waals surface area contributed by atoms with Gasteiger partial charge in [0, 0.05) is 32.2 Å². The Morgan fingerprint density at radius 2 is 1.79 bits per heavy atom. The first-order chi connectivity index (χ1) is 13.7. The molecule has 0 bridgehead atoms. The molecule has 1 aliphatic heterocycles. The molecule has 0 N–H and O–H groups in total. The number of benzene rings is 1. The molecule has 1 amide bonds. The van der Waals surface area contributed by atoms with E-state index in [4.69, 9.17) is 4.74 Å². The quantitative estimate of drug-likeness (QED) is 0.656. The van der Waals surface area contributed by atoms with E-state index in [0.29, 0.717) is 37.7 Å². The summed E-state index contributed by atoms with van der Waals surface area (Å²) < 4.78 is 7.19. The Bertz CT molecular complexity index is 920. The minimum absolute atomic E-state index is 0.00813. The first-order valence-corrected chi connectivity index (χ1v) is 9.08. The summed E-state index contributed by atoms with van der Waals surface area (Å²) >= 11 is 0. The molecule has 1 fully saturated rings. The number of anilines is 1. The largest absolute Gasteiger partial charge is 0.484 e. The predicted octanol–water partition coefficient (Wildman–Crippen LogP) is 1.09. The zero-order valence-corrected chi connectivity index (χ0v) is 15.6. The van der Waals surface area contributed by atoms with E-state index in [2.05, 4.69) is 25.0 Å². The van der Waals surface area contributed by atoms with Gasteiger partial charge in [0.1, 0.15) is 30.5 Å². The Morgan fingerprint density at radius 1 is 1.04 bits per heavy atom. The number of aryl methyl sites for hydroxylation is 1. The highest BCUT2D eigenvalue weighted by atomic mass is 16.5. The predicted molar refractivity (Wildman–Crippen MR) is 102 cm³/mol. The van der Waals surface area contributed by atoms with Crippen LogP contribution in [0.3, 0.4) is 0 Å². The minimum Gasteiger partial charge on any atom is -0.484 e. The van der Waals surface area contributed by atoms with E-state index in [9.17, 15) is 4.79 Å². The van der Waals surface area contributed by atoms with E-state index in [-0.39, 0.29) is 12.5 Å². The average Bonchev–Trinajstić information content (AvgIpc) is 3.28. The Kier molecular flexibility index (Phi) is 5.14. The van der Waals surface area contributed by atoms with Gasteiger partial charge in [-0.3, -0.25) is 4.79 Å². The second kappa shape index (κ2) is 8.03. The van der Waals surface area contributed by atoms with Crippen LogP contribution in [0, 0.1) is 6.92 Å². The van der Waals surface area contributed by atoms with Crippen molar-refractivity contribution in [2.24, 2.45) is 0 Å². The van der Waals surface area contributed by atoms with Crippen molar-refractivity contribution in [2.45, 2.75) is 6.92 Å². The van der Waals surface area contributed by atoms with Gasteiger partial charge in [0.25, 0.3) is 5.91 Å². The van der Waals surface area contributed by atoms with Crippen molar-refractivity contribution >= 4 is 11.7 Å². The molecule has 2 aromatic heterocycles. The summed E-state index contributed by atoms with van der Waals surface area (Å²) in [5, 5.41) is 4.09. The molecule has 28 heavy (non-hydrogen) atoms. The lowest BCUT2D eigenvalue weighted by atomic mass is 10.2. The first-order valence-electron chi connectivity index (χ1n) is 9.08. The molecule has 144 valence electrons. The molecule has 4 rings (SSSR count). The molecule has 1 aromatic carbocycles. The molecule has 3 aromatic rings. The van der Waals surface area contributed by atoms with Gasteiger partial charge in [-0.2, -0.15) is 5.10 Å². The summed E-state index contributed by atoms with van der Waals surface area (Å²) in [4.78, 5) is 28.9. The highest BCUT2D eigenvalue weighted by Gasteiger charge is 2.22. The number of hydrogen-bond donors (Lipinski definition) is 0. The van der Waals surface area contributed by atoms with Crippen LogP contribution in [0.25, 0.3) is 5.82 Å². The Labute approximate surface area is 162 Å². The monoisotopic (exact) mass is 379 g/mol. The number of aromatic nitrogens is 5. The number of piperazine rings is 1. The van der Waals surface area contributed by atoms with E-state index in [0.717, 1.165) is 11.4 Å². The molecule has 1 aliphatic rings. The highest BCUT2D eigenvalue weighted by molar-refractivity contribution is 5.78. The number of amides is 1. The van der Waals surface area contributed by atoms with Crippen LogP contribution in [0.1, 0.15) is 5.56 Å². The number of hydrogen-bond acceptors (Lipinski definition) is 7. The standard InChI is InChI=1S/C19H21N7O2/c1-15-2-4-16(5-3-15)28-11-19(27)25-8-6-24(7-9-25)17-10-18(22-13-21-17)26-14-20-12-23-26/h2-5,10,12-14H,6-9,11H2,1H3. The van der Waals surface area contributed by atoms with Gasteiger partial charge in [-0.1, -0.05) is 17.7 Å². The lowest BCUT2D eigenvalue weighted by Gasteiger charge is -2.35. The van der Waals surface area contributed by atoms with Gasteiger partial charge in [-0.15, -0.1) is 0 Å². The summed E-state index contributed by atoms with van der Waals surface area (Å²) in [6.45, 7) is 4.71. The van der Waals surface area contributed by atoms with Crippen molar-refractivity contribution in [2.75, 3.05) is 37.7 Å². The minimum atomic E-state index is -0.00813. The lowest BCUT2D eigenvalue weighted by molar-refractivity contribution is -0.133. The van der Waals surface area contributed by atoms with Gasteiger partial charge in [0.05, 0.1) is 0 Å². The van der Waals surface area contributed by atoms with Crippen LogP contribution in [0.2, 0.25) is 0 Å². The van der Waals surface area contributed by atoms with Crippen LogP contribution in [0.4, 0.5) is 5.82 Å². The maximum atomic E-state index is 12.4. The van der Waals surface area contributed by atoms with Crippen LogP contribution < -0.4 is 9.64 Å². The Hall–Kier alpha value is -3.49. The van der Waals surface area contributed by atoms with E-state index in [1.165, 1.54) is 12.7 Å². The first kappa shape index (κ1) is 17.9. The fourth-order valence-corrected chi connectivity index (χ4v) is 3.02. The van der Waals surface area contributed by atoms with Crippen molar-refractivity contribution in [1.82, 2.24) is 29.6 Å². The third-order valence-electron chi connectivity index (χ3n) is 4.63. The normalized spacial score (nSPS) is 14.2. The van der Waals surface area contributed by atoms with Crippen LogP contribution in [0.15, 0.2) is 49.3 Å². The second-order valence-corrected chi connectivity index (χ2v) is 6.54. The van der Waals surface area contributed by atoms with E-state index < -0.39 is 0 Å². The van der Waals surface area contributed by atoms with E-state index in [1.54, 1.807) is 11.0 Å². The summed E-state index contributed by atoms with van der Waals surface area (Å²) in [7, 11) is 0. The van der Waals surface area contributed by atoms with Gasteiger partial charge in [0.2, 0.25) is 0 Å². The molecular formula is C19H21N7O2. The third kappa shape index (κ3) is 4.08. The number of nitrogens with zero attached hydrogens (tertiary/aromatic N) is 7. The van der Waals surface area contributed by atoms with Crippen LogP contribution in [0.5, 0.6) is 5.75 Å². The number of rotatable bonds is 5. The molecule has 9 heteroatoms. The van der Waals surface area contributed by atoms with Crippen LogP contribution in [-0.2, 0) is 4.79 Å². The maximum Gasteiger partial charge on any atom is 0.260 e. The summed E-state index contributed by atoms with van der Waals surface area (Å²) in [6.07, 6.45) is 4.57. The van der Waals surface area contributed by atoms with Gasteiger partial charge in [-0.05, 0) is 19.1 Å². The van der Waals surface area contributed by atoms with Crippen molar-refractivity contribution in [1.29, 1.82) is 0 Å². The smallest absolute Gasteiger partial charge is 0.260 e. The van der Waals surface area contributed by atoms with Gasteiger partial charge in [-0.25, -0.2) is 19.6 Å². The molecule has 0 aliphatic carbocycles. The second-order valence-electron chi connectivity index (χ2n) is 6.54. The molecule has 9 nitrogen and oxygen atoms in total. The molecule has 1 saturated heterocycles. The molecule has 0 saturated carbocycles. The Morgan fingerprint density at radius 3 is 2.50 bits per heavy atom. The zero-order chi connectivity index (χ0) is 19.3. The number of carbonyl (C=O) groups excluding carboxylic acids is 1. The zero-order valence-electron chi connectivity index (χ0n) is 15.6. The molecular weight excluding hydrogens is 358 g/mol. The van der Waals surface area contributed by atoms with Crippen LogP contribution >= 0.6 is 0 Å². The fourth-order valence-electron chi connectivity index (χ4n) is 3.02. The number of ether oxygens (including phenoxy) is 1. The molecule has 0 unspecified atom stereocenters. The van der Waals surface area contributed by atoms with E-state index >= 15 is 0 Å². The summed E-state index contributed by atoms with van der Waals surface area (Å²) in [5.74, 6) is 2.17. The van der Waals surface area contributed by atoms with Gasteiger partial charge < -0.3 is 14.5 Å². The van der Waals surface area contributed by atoms with Crippen molar-refractivity contribution in [3.05, 3.63) is 54.9 Å². The SMILES string of the molecule is Cc1ccc(OCC(=O)N2CCN(c3cc(-n4cncn4)ncn3)CC2)cc1. The average molecular weight is 379 g/mol. The molecule has 3 heterocycles. The van der Waals surface area contributed by atoms with Crippen LogP contribution in [-0.4, -0.2) is 68.3 Å².